The van der Waals surface area contributed by atoms with E-state index >= 15 is 0 Å². The van der Waals surface area contributed by atoms with Crippen molar-refractivity contribution < 1.29 is 9.47 Å². The van der Waals surface area contributed by atoms with Crippen molar-refractivity contribution >= 4 is 0 Å². The number of benzene rings is 1. The second kappa shape index (κ2) is 7.26. The van der Waals surface area contributed by atoms with Gasteiger partial charge in [-0.1, -0.05) is 12.1 Å². The summed E-state index contributed by atoms with van der Waals surface area (Å²) in [6, 6.07) is 8.02. The summed E-state index contributed by atoms with van der Waals surface area (Å²) in [7, 11) is 0. The van der Waals surface area contributed by atoms with Crippen molar-refractivity contribution in [2.45, 2.75) is 13.3 Å². The zero-order valence-corrected chi connectivity index (χ0v) is 9.24. The molecule has 0 atom stereocenters. The Morgan fingerprint density at radius 2 is 2.13 bits per heavy atom. The Balaban J connectivity index is 2.36. The predicted octanol–water partition coefficient (Wildman–Crippen LogP) is 1.60. The molecule has 0 heterocycles. The largest absolute Gasteiger partial charge is 0.491 e. The predicted molar refractivity (Wildman–Crippen MR) is 61.2 cm³/mol. The number of ether oxygens (including phenoxy) is 2. The standard InChI is InChI=1S/C12H19NO2/c1-2-14-8-9-15-12-5-3-4-11(10-12)6-7-13/h3-5,10H,2,6-9,13H2,1H3. The Bertz CT molecular complexity index is 276. The Labute approximate surface area is 91.2 Å². The van der Waals surface area contributed by atoms with Gasteiger partial charge >= 0.3 is 0 Å². The summed E-state index contributed by atoms with van der Waals surface area (Å²) in [6.45, 7) is 4.61. The average molecular weight is 209 g/mol. The Morgan fingerprint density at radius 1 is 1.27 bits per heavy atom. The van der Waals surface area contributed by atoms with Gasteiger partial charge in [-0.25, -0.2) is 0 Å². The molecule has 0 amide bonds. The average Bonchev–Trinajstić information content (AvgIpc) is 2.26. The lowest BCUT2D eigenvalue weighted by Crippen LogP contribution is -2.07. The Kier molecular flexibility index (Phi) is 5.81. The molecule has 0 aliphatic heterocycles. The van der Waals surface area contributed by atoms with E-state index in [1.54, 1.807) is 0 Å². The van der Waals surface area contributed by atoms with E-state index in [9.17, 15) is 0 Å². The van der Waals surface area contributed by atoms with E-state index in [2.05, 4.69) is 6.07 Å². The highest BCUT2D eigenvalue weighted by molar-refractivity contribution is 5.28. The molecule has 15 heavy (non-hydrogen) atoms. The van der Waals surface area contributed by atoms with E-state index in [-0.39, 0.29) is 0 Å². The summed E-state index contributed by atoms with van der Waals surface area (Å²) in [5, 5.41) is 0. The van der Waals surface area contributed by atoms with Crippen LogP contribution < -0.4 is 10.5 Å². The van der Waals surface area contributed by atoms with Crippen LogP contribution in [0.1, 0.15) is 12.5 Å². The second-order valence-corrected chi connectivity index (χ2v) is 3.23. The molecule has 3 nitrogen and oxygen atoms in total. The van der Waals surface area contributed by atoms with Crippen LogP contribution >= 0.6 is 0 Å². The van der Waals surface area contributed by atoms with Gasteiger partial charge in [0.1, 0.15) is 12.4 Å². The van der Waals surface area contributed by atoms with Crippen LogP contribution in [0.5, 0.6) is 5.75 Å². The molecule has 0 unspecified atom stereocenters. The fourth-order valence-electron chi connectivity index (χ4n) is 1.32. The minimum Gasteiger partial charge on any atom is -0.491 e. The highest BCUT2D eigenvalue weighted by Gasteiger charge is 1.96. The smallest absolute Gasteiger partial charge is 0.119 e. The summed E-state index contributed by atoms with van der Waals surface area (Å²) in [5.74, 6) is 0.889. The molecule has 3 heteroatoms. The molecule has 0 spiro atoms. The molecule has 1 aromatic carbocycles. The molecule has 1 rings (SSSR count). The summed E-state index contributed by atoms with van der Waals surface area (Å²) >= 11 is 0. The van der Waals surface area contributed by atoms with E-state index in [4.69, 9.17) is 15.2 Å². The Hall–Kier alpha value is -1.06. The van der Waals surface area contributed by atoms with Gasteiger partial charge in [-0.2, -0.15) is 0 Å². The molecule has 1 aromatic rings. The van der Waals surface area contributed by atoms with Crippen molar-refractivity contribution in [2.75, 3.05) is 26.4 Å². The minimum atomic E-state index is 0.597. The molecule has 0 aromatic heterocycles. The van der Waals surface area contributed by atoms with Gasteiger partial charge in [-0.3, -0.25) is 0 Å². The zero-order valence-electron chi connectivity index (χ0n) is 9.24. The Morgan fingerprint density at radius 3 is 2.87 bits per heavy atom. The van der Waals surface area contributed by atoms with E-state index in [0.717, 1.165) is 18.8 Å². The van der Waals surface area contributed by atoms with Gasteiger partial charge in [-0.05, 0) is 37.6 Å². The van der Waals surface area contributed by atoms with Crippen LogP contribution in [0.25, 0.3) is 0 Å². The molecular formula is C12H19NO2. The normalized spacial score (nSPS) is 10.3. The summed E-state index contributed by atoms with van der Waals surface area (Å²) < 4.78 is 10.7. The quantitative estimate of drug-likeness (QED) is 0.694. The van der Waals surface area contributed by atoms with Gasteiger partial charge in [0.15, 0.2) is 0 Å². The van der Waals surface area contributed by atoms with Crippen LogP contribution in [0, 0.1) is 0 Å². The highest BCUT2D eigenvalue weighted by atomic mass is 16.5. The van der Waals surface area contributed by atoms with Gasteiger partial charge in [0, 0.05) is 6.61 Å². The first-order chi connectivity index (χ1) is 7.36. The van der Waals surface area contributed by atoms with Crippen LogP contribution in [0.4, 0.5) is 0 Å². The monoisotopic (exact) mass is 209 g/mol. The first-order valence-electron chi connectivity index (χ1n) is 5.36. The number of nitrogens with two attached hydrogens (primary N) is 1. The topological polar surface area (TPSA) is 44.5 Å². The molecule has 0 fully saturated rings. The fourth-order valence-corrected chi connectivity index (χ4v) is 1.32. The van der Waals surface area contributed by atoms with E-state index in [1.807, 2.05) is 25.1 Å². The number of hydrogen-bond acceptors (Lipinski definition) is 3. The van der Waals surface area contributed by atoms with Crippen molar-refractivity contribution in [2.24, 2.45) is 5.73 Å². The molecule has 84 valence electrons. The zero-order chi connectivity index (χ0) is 10.9. The minimum absolute atomic E-state index is 0.597. The highest BCUT2D eigenvalue weighted by Crippen LogP contribution is 2.13. The summed E-state index contributed by atoms with van der Waals surface area (Å²) in [6.07, 6.45) is 0.892. The second-order valence-electron chi connectivity index (χ2n) is 3.23. The lowest BCUT2D eigenvalue weighted by atomic mass is 10.1. The van der Waals surface area contributed by atoms with Crippen LogP contribution in [-0.2, 0) is 11.2 Å². The summed E-state index contributed by atoms with van der Waals surface area (Å²) in [4.78, 5) is 0. The molecule has 0 aliphatic rings. The van der Waals surface area contributed by atoms with Crippen LogP contribution in [0.2, 0.25) is 0 Å². The number of rotatable bonds is 7. The van der Waals surface area contributed by atoms with Gasteiger partial charge in [0.2, 0.25) is 0 Å². The molecular weight excluding hydrogens is 190 g/mol. The molecule has 0 bridgehead atoms. The van der Waals surface area contributed by atoms with Crippen molar-refractivity contribution in [1.82, 2.24) is 0 Å². The maximum Gasteiger partial charge on any atom is 0.119 e. The molecule has 2 N–H and O–H groups in total. The SMILES string of the molecule is CCOCCOc1cccc(CCN)c1. The van der Waals surface area contributed by atoms with E-state index < -0.39 is 0 Å². The molecule has 0 radical (unpaired) electrons. The lowest BCUT2D eigenvalue weighted by molar-refractivity contribution is 0.110. The molecule has 0 saturated heterocycles. The van der Waals surface area contributed by atoms with Crippen molar-refractivity contribution in [3.8, 4) is 5.75 Å². The van der Waals surface area contributed by atoms with E-state index in [1.165, 1.54) is 5.56 Å². The van der Waals surface area contributed by atoms with Gasteiger partial charge < -0.3 is 15.2 Å². The van der Waals surface area contributed by atoms with Crippen LogP contribution in [0.3, 0.4) is 0 Å². The van der Waals surface area contributed by atoms with E-state index in [0.29, 0.717) is 19.8 Å². The van der Waals surface area contributed by atoms with Crippen LogP contribution in [-0.4, -0.2) is 26.4 Å². The van der Waals surface area contributed by atoms with Gasteiger partial charge in [0.25, 0.3) is 0 Å². The maximum absolute atomic E-state index is 5.53. The first-order valence-corrected chi connectivity index (χ1v) is 5.36. The fraction of sp³-hybridized carbons (Fsp3) is 0.500. The van der Waals surface area contributed by atoms with Crippen molar-refractivity contribution in [3.63, 3.8) is 0 Å². The van der Waals surface area contributed by atoms with Gasteiger partial charge in [0.05, 0.1) is 6.61 Å². The first kappa shape index (κ1) is 12.0. The van der Waals surface area contributed by atoms with Gasteiger partial charge in [-0.15, -0.1) is 0 Å². The number of hydrogen-bond donors (Lipinski definition) is 1. The summed E-state index contributed by atoms with van der Waals surface area (Å²) in [5.41, 5.74) is 6.70. The van der Waals surface area contributed by atoms with Crippen LogP contribution in [0.15, 0.2) is 24.3 Å². The third kappa shape index (κ3) is 4.81. The molecule has 0 saturated carbocycles. The lowest BCUT2D eigenvalue weighted by Gasteiger charge is -2.07. The third-order valence-electron chi connectivity index (χ3n) is 2.03. The third-order valence-corrected chi connectivity index (χ3v) is 2.03. The maximum atomic E-state index is 5.53. The molecule has 0 aliphatic carbocycles. The van der Waals surface area contributed by atoms with Crippen molar-refractivity contribution in [3.05, 3.63) is 29.8 Å². The van der Waals surface area contributed by atoms with Crippen molar-refractivity contribution in [1.29, 1.82) is 0 Å².